The van der Waals surface area contributed by atoms with E-state index in [2.05, 4.69) is 23.3 Å². The molecule has 4 heteroatoms. The molecule has 1 N–H and O–H groups in total. The van der Waals surface area contributed by atoms with Gasteiger partial charge >= 0.3 is 0 Å². The van der Waals surface area contributed by atoms with Crippen LogP contribution in [-0.4, -0.2) is 23.2 Å². The van der Waals surface area contributed by atoms with Gasteiger partial charge in [-0.25, -0.2) is 4.98 Å². The van der Waals surface area contributed by atoms with E-state index >= 15 is 0 Å². The van der Waals surface area contributed by atoms with E-state index in [1.165, 1.54) is 0 Å². The van der Waals surface area contributed by atoms with E-state index in [-0.39, 0.29) is 6.04 Å². The van der Waals surface area contributed by atoms with Gasteiger partial charge in [-0.05, 0) is 24.2 Å². The van der Waals surface area contributed by atoms with Gasteiger partial charge in [-0.3, -0.25) is 0 Å². The molecule has 0 radical (unpaired) electrons. The fourth-order valence-corrected chi connectivity index (χ4v) is 2.00. The number of imidazole rings is 1. The Morgan fingerprint density at radius 1 is 1.44 bits per heavy atom. The van der Waals surface area contributed by atoms with Crippen molar-refractivity contribution < 1.29 is 4.74 Å². The molecule has 0 aliphatic carbocycles. The summed E-state index contributed by atoms with van der Waals surface area (Å²) in [6.45, 7) is 2.98. The van der Waals surface area contributed by atoms with Crippen LogP contribution in [0.3, 0.4) is 0 Å². The zero-order chi connectivity index (χ0) is 13.0. The van der Waals surface area contributed by atoms with Crippen molar-refractivity contribution in [1.29, 1.82) is 0 Å². The predicted molar refractivity (Wildman–Crippen MR) is 71.7 cm³/mol. The lowest BCUT2D eigenvalue weighted by Crippen LogP contribution is -2.22. The van der Waals surface area contributed by atoms with Crippen molar-refractivity contribution in [3.8, 4) is 5.75 Å². The number of hydrogen-bond acceptors (Lipinski definition) is 3. The molecular formula is C14H19N3O. The molecule has 0 bridgehead atoms. The molecule has 0 aliphatic rings. The molecule has 0 aliphatic heterocycles. The zero-order valence-corrected chi connectivity index (χ0v) is 11.1. The summed E-state index contributed by atoms with van der Waals surface area (Å²) in [5.41, 5.74) is 2.18. The van der Waals surface area contributed by atoms with Gasteiger partial charge in [0.05, 0.1) is 25.2 Å². The van der Waals surface area contributed by atoms with Gasteiger partial charge in [-0.2, -0.15) is 0 Å². The van der Waals surface area contributed by atoms with Crippen LogP contribution in [0.25, 0.3) is 0 Å². The molecule has 2 aromatic rings. The average Bonchev–Trinajstić information content (AvgIpc) is 2.82. The lowest BCUT2D eigenvalue weighted by Gasteiger charge is -2.16. The van der Waals surface area contributed by atoms with E-state index in [1.54, 1.807) is 7.11 Å². The Kier molecular flexibility index (Phi) is 3.99. The van der Waals surface area contributed by atoms with E-state index in [9.17, 15) is 0 Å². The van der Waals surface area contributed by atoms with E-state index in [4.69, 9.17) is 4.74 Å². The third-order valence-electron chi connectivity index (χ3n) is 2.86. The first-order valence-corrected chi connectivity index (χ1v) is 6.09. The number of methoxy groups -OCH3 is 1. The van der Waals surface area contributed by atoms with Gasteiger partial charge in [-0.1, -0.05) is 19.1 Å². The Morgan fingerprint density at radius 3 is 2.89 bits per heavy atom. The standard InChI is InChI=1S/C14H19N3O/c1-4-15-14(13-9-17(2)10-16-13)11-6-5-7-12(8-11)18-3/h5-10,14-15H,4H2,1-3H3. The quantitative estimate of drug-likeness (QED) is 0.877. The maximum atomic E-state index is 5.27. The molecular weight excluding hydrogens is 226 g/mol. The number of nitrogens with zero attached hydrogens (tertiary/aromatic N) is 2. The smallest absolute Gasteiger partial charge is 0.119 e. The van der Waals surface area contributed by atoms with E-state index in [1.807, 2.05) is 42.3 Å². The monoisotopic (exact) mass is 245 g/mol. The highest BCUT2D eigenvalue weighted by Gasteiger charge is 2.15. The van der Waals surface area contributed by atoms with E-state index in [0.717, 1.165) is 23.6 Å². The van der Waals surface area contributed by atoms with Crippen molar-refractivity contribution in [3.05, 3.63) is 48.0 Å². The first-order chi connectivity index (χ1) is 8.74. The number of aryl methyl sites for hydroxylation is 1. The van der Waals surface area contributed by atoms with Crippen molar-refractivity contribution in [1.82, 2.24) is 14.9 Å². The van der Waals surface area contributed by atoms with Crippen molar-refractivity contribution in [2.24, 2.45) is 7.05 Å². The fourth-order valence-electron chi connectivity index (χ4n) is 2.00. The van der Waals surface area contributed by atoms with Crippen LogP contribution >= 0.6 is 0 Å². The molecule has 0 saturated carbocycles. The van der Waals surface area contributed by atoms with Crippen molar-refractivity contribution >= 4 is 0 Å². The van der Waals surface area contributed by atoms with Crippen LogP contribution in [0, 0.1) is 0 Å². The fraction of sp³-hybridized carbons (Fsp3) is 0.357. The van der Waals surface area contributed by atoms with E-state index in [0.29, 0.717) is 0 Å². The van der Waals surface area contributed by atoms with Crippen LogP contribution in [0.4, 0.5) is 0 Å². The van der Waals surface area contributed by atoms with Crippen LogP contribution in [-0.2, 0) is 7.05 Å². The summed E-state index contributed by atoms with van der Waals surface area (Å²) in [6, 6.07) is 8.19. The molecule has 0 spiro atoms. The van der Waals surface area contributed by atoms with Crippen LogP contribution in [0.2, 0.25) is 0 Å². The molecule has 0 saturated heterocycles. The summed E-state index contributed by atoms with van der Waals surface area (Å²) >= 11 is 0. The largest absolute Gasteiger partial charge is 0.497 e. The number of hydrogen-bond donors (Lipinski definition) is 1. The summed E-state index contributed by atoms with van der Waals surface area (Å²) in [6.07, 6.45) is 3.85. The third-order valence-corrected chi connectivity index (χ3v) is 2.86. The summed E-state index contributed by atoms with van der Waals surface area (Å²) in [7, 11) is 3.66. The summed E-state index contributed by atoms with van der Waals surface area (Å²) in [5.74, 6) is 0.867. The molecule has 1 unspecified atom stereocenters. The van der Waals surface area contributed by atoms with Gasteiger partial charge in [0.25, 0.3) is 0 Å². The normalized spacial score (nSPS) is 12.4. The number of benzene rings is 1. The van der Waals surface area contributed by atoms with Crippen LogP contribution in [0.5, 0.6) is 5.75 Å². The van der Waals surface area contributed by atoms with Crippen molar-refractivity contribution in [2.75, 3.05) is 13.7 Å². The van der Waals surface area contributed by atoms with Gasteiger partial charge in [0.1, 0.15) is 5.75 Å². The molecule has 0 amide bonds. The second-order valence-electron chi connectivity index (χ2n) is 4.23. The lowest BCUT2D eigenvalue weighted by atomic mass is 10.0. The average molecular weight is 245 g/mol. The van der Waals surface area contributed by atoms with Gasteiger partial charge in [-0.15, -0.1) is 0 Å². The Balaban J connectivity index is 2.34. The molecule has 1 aromatic heterocycles. The minimum atomic E-state index is 0.103. The second kappa shape index (κ2) is 5.69. The van der Waals surface area contributed by atoms with Gasteiger partial charge in [0.15, 0.2) is 0 Å². The Labute approximate surface area is 108 Å². The predicted octanol–water partition coefficient (Wildman–Crippen LogP) is 2.13. The number of rotatable bonds is 5. The van der Waals surface area contributed by atoms with Crippen LogP contribution in [0.1, 0.15) is 24.2 Å². The molecule has 2 rings (SSSR count). The molecule has 1 heterocycles. The number of aromatic nitrogens is 2. The summed E-state index contributed by atoms with van der Waals surface area (Å²) in [4.78, 5) is 4.43. The van der Waals surface area contributed by atoms with E-state index < -0.39 is 0 Å². The summed E-state index contributed by atoms with van der Waals surface area (Å²) < 4.78 is 7.23. The molecule has 4 nitrogen and oxygen atoms in total. The molecule has 18 heavy (non-hydrogen) atoms. The van der Waals surface area contributed by atoms with Crippen molar-refractivity contribution in [2.45, 2.75) is 13.0 Å². The third kappa shape index (κ3) is 2.71. The highest BCUT2D eigenvalue weighted by atomic mass is 16.5. The highest BCUT2D eigenvalue weighted by Crippen LogP contribution is 2.23. The van der Waals surface area contributed by atoms with Crippen LogP contribution in [0.15, 0.2) is 36.8 Å². The zero-order valence-electron chi connectivity index (χ0n) is 11.1. The van der Waals surface area contributed by atoms with Crippen molar-refractivity contribution in [3.63, 3.8) is 0 Å². The molecule has 96 valence electrons. The van der Waals surface area contributed by atoms with Gasteiger partial charge in [0, 0.05) is 13.2 Å². The second-order valence-corrected chi connectivity index (χ2v) is 4.23. The van der Waals surface area contributed by atoms with Gasteiger partial charge in [0.2, 0.25) is 0 Å². The van der Waals surface area contributed by atoms with Crippen LogP contribution < -0.4 is 10.1 Å². The molecule has 1 atom stereocenters. The lowest BCUT2D eigenvalue weighted by molar-refractivity contribution is 0.413. The Hall–Kier alpha value is -1.81. The first kappa shape index (κ1) is 12.6. The SMILES string of the molecule is CCNC(c1cccc(OC)c1)c1cn(C)cn1. The number of ether oxygens (including phenoxy) is 1. The minimum absolute atomic E-state index is 0.103. The molecule has 0 fully saturated rings. The first-order valence-electron chi connectivity index (χ1n) is 6.09. The minimum Gasteiger partial charge on any atom is -0.497 e. The maximum Gasteiger partial charge on any atom is 0.119 e. The summed E-state index contributed by atoms with van der Waals surface area (Å²) in [5, 5.41) is 3.45. The highest BCUT2D eigenvalue weighted by molar-refractivity contribution is 5.34. The maximum absolute atomic E-state index is 5.27. The Morgan fingerprint density at radius 2 is 2.28 bits per heavy atom. The van der Waals surface area contributed by atoms with Gasteiger partial charge < -0.3 is 14.6 Å². The Bertz CT molecular complexity index is 507. The molecule has 1 aromatic carbocycles. The topological polar surface area (TPSA) is 39.1 Å². The number of nitrogens with one attached hydrogen (secondary N) is 1.